The summed E-state index contributed by atoms with van der Waals surface area (Å²) in [4.78, 5) is 20.5. The number of carboxylic acid groups (broad SMARTS) is 2. The zero-order valence-corrected chi connectivity index (χ0v) is 18.0. The predicted molar refractivity (Wildman–Crippen MR) is 84.5 cm³/mol. The average Bonchev–Trinajstić information content (AvgIpc) is 2.54. The van der Waals surface area contributed by atoms with E-state index < -0.39 is 41.8 Å². The van der Waals surface area contributed by atoms with Crippen LogP contribution in [0, 0.1) is 0 Å². The van der Waals surface area contributed by atoms with Crippen LogP contribution in [0.2, 0.25) is 0 Å². The van der Waals surface area contributed by atoms with Crippen LogP contribution in [0.25, 0.3) is 4.13 Å². The molecule has 0 saturated heterocycles. The van der Waals surface area contributed by atoms with Gasteiger partial charge in [0.1, 0.15) is 20.0 Å². The number of sulfonamides is 2. The number of hydrogen-bond donors (Lipinski definition) is 2. The van der Waals surface area contributed by atoms with Crippen molar-refractivity contribution in [3.63, 3.8) is 0 Å². The second-order valence-electron chi connectivity index (χ2n) is 4.68. The van der Waals surface area contributed by atoms with Crippen molar-refractivity contribution in [2.75, 3.05) is 0 Å². The van der Waals surface area contributed by atoms with Gasteiger partial charge in [0.25, 0.3) is 0 Å². The first-order chi connectivity index (χ1) is 11.5. The summed E-state index contributed by atoms with van der Waals surface area (Å²) in [7, 11) is -9.21. The van der Waals surface area contributed by atoms with Crippen LogP contribution in [0.4, 0.5) is 0 Å². The molecule has 0 heterocycles. The third-order valence-corrected chi connectivity index (χ3v) is 6.30. The SMILES string of the molecule is O=C(O)c1ccc(S(=O)(=O)[N-]S(=O)(=O)c2ccc(C(=O)O)cc2)cc1.[K+]. The summed E-state index contributed by atoms with van der Waals surface area (Å²) in [5, 5.41) is 17.5. The van der Waals surface area contributed by atoms with Gasteiger partial charge in [-0.2, -0.15) is 0 Å². The van der Waals surface area contributed by atoms with Crippen LogP contribution in [0.1, 0.15) is 20.7 Å². The van der Waals surface area contributed by atoms with Crippen LogP contribution in [0.3, 0.4) is 0 Å². The van der Waals surface area contributed by atoms with Crippen molar-refractivity contribution in [1.82, 2.24) is 0 Å². The number of rotatable bonds is 6. The van der Waals surface area contributed by atoms with Crippen molar-refractivity contribution in [2.24, 2.45) is 0 Å². The molecule has 0 radical (unpaired) electrons. The van der Waals surface area contributed by atoms with E-state index >= 15 is 0 Å². The standard InChI is InChI=1S/C14H10NO8S2.K/c16-13(17)9-1-5-11(6-2-9)24(20,21)15-25(22,23)12-7-3-10(4-8-12)14(18)19;/h1-8H,(H,16,17)(H,18,19);/q-1;+1. The maximum atomic E-state index is 12.1. The first kappa shape index (κ1) is 22.9. The fourth-order valence-electron chi connectivity index (χ4n) is 1.75. The van der Waals surface area contributed by atoms with Crippen LogP contribution >= 0.6 is 0 Å². The molecule has 0 saturated carbocycles. The van der Waals surface area contributed by atoms with Crippen LogP contribution in [-0.4, -0.2) is 39.0 Å². The van der Waals surface area contributed by atoms with E-state index in [1.54, 1.807) is 0 Å². The molecule has 12 heteroatoms. The third-order valence-electron chi connectivity index (χ3n) is 2.99. The second kappa shape index (κ2) is 8.71. The molecule has 0 spiro atoms. The van der Waals surface area contributed by atoms with Gasteiger partial charge >= 0.3 is 63.3 Å². The quantitative estimate of drug-likeness (QED) is 0.534. The molecule has 9 nitrogen and oxygen atoms in total. The molecule has 2 rings (SSSR count). The first-order valence-corrected chi connectivity index (χ1v) is 9.32. The Hall–Kier alpha value is -1.12. The summed E-state index contributed by atoms with van der Waals surface area (Å²) in [5.74, 6) is -2.54. The first-order valence-electron chi connectivity index (χ1n) is 6.44. The molecule has 0 aliphatic heterocycles. The molecule has 0 amide bonds. The van der Waals surface area contributed by atoms with Crippen molar-refractivity contribution in [3.05, 3.63) is 63.8 Å². The smallest absolute Gasteiger partial charge is 0.478 e. The maximum absolute atomic E-state index is 12.1. The molecule has 0 aliphatic rings. The van der Waals surface area contributed by atoms with Crippen molar-refractivity contribution in [2.45, 2.75) is 9.79 Å². The Bertz CT molecular complexity index is 944. The molecule has 0 atom stereocenters. The minimum absolute atomic E-state index is 0. The van der Waals surface area contributed by atoms with Gasteiger partial charge in [-0.3, -0.25) is 0 Å². The largest absolute Gasteiger partial charge is 1.00 e. The number of carboxylic acids is 2. The van der Waals surface area contributed by atoms with Gasteiger partial charge in [0.05, 0.1) is 11.1 Å². The number of benzene rings is 2. The molecule has 2 aromatic carbocycles. The zero-order valence-electron chi connectivity index (χ0n) is 13.2. The van der Waals surface area contributed by atoms with Gasteiger partial charge in [0.15, 0.2) is 0 Å². The normalized spacial score (nSPS) is 11.4. The Kier molecular flexibility index (Phi) is 7.68. The van der Waals surface area contributed by atoms with E-state index in [0.29, 0.717) is 0 Å². The maximum Gasteiger partial charge on any atom is 1.00 e. The Morgan fingerprint density at radius 1 is 0.654 bits per heavy atom. The summed E-state index contributed by atoms with van der Waals surface area (Å²) in [6.45, 7) is 0. The van der Waals surface area contributed by atoms with Gasteiger partial charge in [-0.05, 0) is 48.5 Å². The zero-order chi connectivity index (χ0) is 18.8. The van der Waals surface area contributed by atoms with E-state index in [1.165, 1.54) is 0 Å². The molecular weight excluding hydrogens is 413 g/mol. The van der Waals surface area contributed by atoms with Gasteiger partial charge < -0.3 is 14.3 Å². The van der Waals surface area contributed by atoms with Crippen LogP contribution in [-0.2, 0) is 20.0 Å². The summed E-state index contributed by atoms with van der Waals surface area (Å²) in [5.41, 5.74) is -0.350. The Morgan fingerprint density at radius 3 is 1.15 bits per heavy atom. The van der Waals surface area contributed by atoms with Crippen LogP contribution in [0.15, 0.2) is 58.3 Å². The minimum atomic E-state index is -4.61. The van der Waals surface area contributed by atoms with Gasteiger partial charge in [0, 0.05) is 9.79 Å². The van der Waals surface area contributed by atoms with Gasteiger partial charge in [-0.1, -0.05) is 0 Å². The predicted octanol–water partition coefficient (Wildman–Crippen LogP) is -1.46. The second-order valence-corrected chi connectivity index (χ2v) is 8.12. The number of aromatic carboxylic acids is 2. The van der Waals surface area contributed by atoms with Crippen molar-refractivity contribution < 1.29 is 88.0 Å². The fourth-order valence-corrected chi connectivity index (χ4v) is 4.44. The Balaban J connectivity index is 0.00000338. The summed E-state index contributed by atoms with van der Waals surface area (Å²) in [6, 6.07) is 7.68. The van der Waals surface area contributed by atoms with Crippen molar-refractivity contribution in [3.8, 4) is 0 Å². The molecule has 132 valence electrons. The van der Waals surface area contributed by atoms with E-state index in [0.717, 1.165) is 48.5 Å². The van der Waals surface area contributed by atoms with E-state index in [2.05, 4.69) is 4.13 Å². The van der Waals surface area contributed by atoms with Crippen molar-refractivity contribution >= 4 is 32.0 Å². The number of hydrogen-bond acceptors (Lipinski definition) is 6. The van der Waals surface area contributed by atoms with Crippen LogP contribution < -0.4 is 51.4 Å². The Morgan fingerprint density at radius 2 is 0.923 bits per heavy atom. The average molecular weight is 423 g/mol. The Labute approximate surface area is 191 Å². The van der Waals surface area contributed by atoms with E-state index in [-0.39, 0.29) is 62.5 Å². The topological polar surface area (TPSA) is 157 Å². The molecule has 0 fully saturated rings. The number of carbonyl (C=O) groups is 2. The molecule has 26 heavy (non-hydrogen) atoms. The molecule has 0 aromatic heterocycles. The molecule has 2 N–H and O–H groups in total. The summed E-state index contributed by atoms with van der Waals surface area (Å²) >= 11 is 0. The molecule has 0 unspecified atom stereocenters. The van der Waals surface area contributed by atoms with Gasteiger partial charge in [0.2, 0.25) is 0 Å². The summed E-state index contributed by atoms with van der Waals surface area (Å²) < 4.78 is 51.2. The molecule has 0 bridgehead atoms. The van der Waals surface area contributed by atoms with Gasteiger partial charge in [-0.15, -0.1) is 0 Å². The minimum Gasteiger partial charge on any atom is -0.478 e. The van der Waals surface area contributed by atoms with E-state index in [9.17, 15) is 26.4 Å². The monoisotopic (exact) mass is 423 g/mol. The van der Waals surface area contributed by atoms with Gasteiger partial charge in [-0.25, -0.2) is 26.4 Å². The fraction of sp³-hybridized carbons (Fsp3) is 0. The summed E-state index contributed by atoms with van der Waals surface area (Å²) in [6.07, 6.45) is 0. The molecular formula is C14H10KNO8S2. The third kappa shape index (κ3) is 5.44. The van der Waals surface area contributed by atoms with E-state index in [1.807, 2.05) is 0 Å². The van der Waals surface area contributed by atoms with E-state index in [4.69, 9.17) is 10.2 Å². The van der Waals surface area contributed by atoms with Crippen molar-refractivity contribution in [1.29, 1.82) is 0 Å². The van der Waals surface area contributed by atoms with Crippen LogP contribution in [0.5, 0.6) is 0 Å². The molecule has 2 aromatic rings. The number of nitrogens with zero attached hydrogens (tertiary/aromatic N) is 1. The molecule has 0 aliphatic carbocycles.